The second-order valence-corrected chi connectivity index (χ2v) is 22.0. The van der Waals surface area contributed by atoms with E-state index in [1.54, 1.807) is 0 Å². The molecule has 17 aromatic rings. The quantitative estimate of drug-likeness (QED) is 0.133. The van der Waals surface area contributed by atoms with Gasteiger partial charge in [-0.15, -0.1) is 0 Å². The standard InChI is InChI=1S/C82H50/c1-5-25-51(26-6-1)55-33-13-17-37-59(55)67-47-48-68(60-38-18-14-34-56(60)52-27-7-2-8-28-52)80-73-49-71-66-44-24-46-70-76(66)74(50-72(71)65-43-23-45-69(75(65)73)79(67)80)82-78(62-40-20-16-36-58(62)54-31-11-4-12-32-54)64-42-22-21-41-63(64)77(81(70)82)61-39-19-15-35-57(61)53-29-9-3-10-30-53/h1-50H. The molecule has 0 aliphatic rings. The number of rotatable bonds is 8. The van der Waals surface area contributed by atoms with E-state index in [0.717, 1.165) is 0 Å². The van der Waals surface area contributed by atoms with E-state index >= 15 is 0 Å². The molecule has 17 aromatic carbocycles. The fraction of sp³-hybridized carbons (Fsp3) is 0. The van der Waals surface area contributed by atoms with E-state index in [0.29, 0.717) is 0 Å². The van der Waals surface area contributed by atoms with E-state index in [-0.39, 0.29) is 0 Å². The van der Waals surface area contributed by atoms with Crippen molar-refractivity contribution < 1.29 is 0 Å². The topological polar surface area (TPSA) is 0 Å². The van der Waals surface area contributed by atoms with Crippen LogP contribution in [-0.2, 0) is 0 Å². The lowest BCUT2D eigenvalue weighted by molar-refractivity contribution is 1.59. The summed E-state index contributed by atoms with van der Waals surface area (Å²) in [7, 11) is 0. The summed E-state index contributed by atoms with van der Waals surface area (Å²) < 4.78 is 0. The Balaban J connectivity index is 1.06. The van der Waals surface area contributed by atoms with Gasteiger partial charge >= 0.3 is 0 Å². The molecular weight excluding hydrogens is 985 g/mol. The molecule has 0 N–H and O–H groups in total. The van der Waals surface area contributed by atoms with Crippen molar-refractivity contribution >= 4 is 86.2 Å². The lowest BCUT2D eigenvalue weighted by atomic mass is 9.82. The Hall–Kier alpha value is -10.7. The van der Waals surface area contributed by atoms with Gasteiger partial charge in [0.25, 0.3) is 0 Å². The molecule has 0 spiro atoms. The highest BCUT2D eigenvalue weighted by atomic mass is 14.3. The van der Waals surface area contributed by atoms with Crippen molar-refractivity contribution in [1.29, 1.82) is 0 Å². The van der Waals surface area contributed by atoms with Crippen LogP contribution in [0.25, 0.3) is 175 Å². The zero-order valence-corrected chi connectivity index (χ0v) is 44.9. The highest BCUT2D eigenvalue weighted by Crippen LogP contribution is 2.57. The third kappa shape index (κ3) is 6.86. The minimum Gasteiger partial charge on any atom is -0.0622 e. The van der Waals surface area contributed by atoms with Gasteiger partial charge in [-0.1, -0.05) is 291 Å². The third-order valence-corrected chi connectivity index (χ3v) is 17.8. The molecule has 0 saturated carbocycles. The Morgan fingerprint density at radius 2 is 0.390 bits per heavy atom. The summed E-state index contributed by atoms with van der Waals surface area (Å²) in [6.07, 6.45) is 0. The molecule has 0 aromatic heterocycles. The van der Waals surface area contributed by atoms with Gasteiger partial charge in [0, 0.05) is 0 Å². The SMILES string of the molecule is c1ccc(-c2ccccc2-c2ccc(-c3ccccc3-c3ccccc3)c3c4cc5c(cc6c7c(-c8ccccc8-c8ccccc8)c8ccccc8c(-c8ccccc8-c8ccccc8)c7c7cccc5c76)c5cccc(c23)c54)cc1. The Morgan fingerprint density at radius 3 is 0.793 bits per heavy atom. The molecule has 0 aliphatic heterocycles. The Bertz CT molecular complexity index is 5350. The first kappa shape index (κ1) is 46.3. The third-order valence-electron chi connectivity index (χ3n) is 17.8. The van der Waals surface area contributed by atoms with E-state index in [4.69, 9.17) is 0 Å². The van der Waals surface area contributed by atoms with Crippen LogP contribution in [0.5, 0.6) is 0 Å². The first-order valence-electron chi connectivity index (χ1n) is 28.6. The summed E-state index contributed by atoms with van der Waals surface area (Å²) in [5.74, 6) is 0. The zero-order chi connectivity index (χ0) is 53.8. The fourth-order valence-electron chi connectivity index (χ4n) is 14.4. The maximum Gasteiger partial charge on any atom is -0.000696 e. The highest BCUT2D eigenvalue weighted by Gasteiger charge is 2.29. The van der Waals surface area contributed by atoms with Crippen LogP contribution in [0.3, 0.4) is 0 Å². The van der Waals surface area contributed by atoms with Crippen molar-refractivity contribution in [3.63, 3.8) is 0 Å². The van der Waals surface area contributed by atoms with E-state index in [1.165, 1.54) is 175 Å². The van der Waals surface area contributed by atoms with Crippen LogP contribution in [-0.4, -0.2) is 0 Å². The van der Waals surface area contributed by atoms with E-state index in [2.05, 4.69) is 303 Å². The largest absolute Gasteiger partial charge is 0.0622 e. The minimum absolute atomic E-state index is 1.20. The van der Waals surface area contributed by atoms with Crippen molar-refractivity contribution in [3.8, 4) is 89.0 Å². The molecule has 0 amide bonds. The summed E-state index contributed by atoms with van der Waals surface area (Å²) in [5, 5.41) is 20.4. The van der Waals surface area contributed by atoms with Crippen molar-refractivity contribution in [2.75, 3.05) is 0 Å². The van der Waals surface area contributed by atoms with E-state index < -0.39 is 0 Å². The smallest absolute Gasteiger partial charge is 0.000696 e. The molecule has 0 saturated heterocycles. The molecule has 0 heteroatoms. The van der Waals surface area contributed by atoms with Crippen LogP contribution in [0.1, 0.15) is 0 Å². The van der Waals surface area contributed by atoms with Crippen molar-refractivity contribution in [3.05, 3.63) is 303 Å². The van der Waals surface area contributed by atoms with Crippen LogP contribution in [0.4, 0.5) is 0 Å². The van der Waals surface area contributed by atoms with Crippen LogP contribution in [0, 0.1) is 0 Å². The predicted molar refractivity (Wildman–Crippen MR) is 352 cm³/mol. The van der Waals surface area contributed by atoms with Gasteiger partial charge in [0.2, 0.25) is 0 Å². The lowest BCUT2D eigenvalue weighted by Crippen LogP contribution is -1.93. The zero-order valence-electron chi connectivity index (χ0n) is 44.9. The van der Waals surface area contributed by atoms with Gasteiger partial charge in [0.15, 0.2) is 0 Å². The average Bonchev–Trinajstić information content (AvgIpc) is 1.78. The molecule has 17 rings (SSSR count). The number of benzene rings is 15. The van der Waals surface area contributed by atoms with Crippen LogP contribution in [0.15, 0.2) is 303 Å². The molecule has 82 heavy (non-hydrogen) atoms. The molecule has 0 aliphatic carbocycles. The van der Waals surface area contributed by atoms with Gasteiger partial charge in [-0.3, -0.25) is 0 Å². The highest BCUT2D eigenvalue weighted by molar-refractivity contribution is 6.46. The number of hydrogen-bond acceptors (Lipinski definition) is 0. The minimum atomic E-state index is 1.20. The second-order valence-electron chi connectivity index (χ2n) is 22.0. The van der Waals surface area contributed by atoms with Crippen molar-refractivity contribution in [2.24, 2.45) is 0 Å². The summed E-state index contributed by atoms with van der Waals surface area (Å²) in [6.45, 7) is 0. The van der Waals surface area contributed by atoms with Gasteiger partial charge in [-0.2, -0.15) is 0 Å². The first-order chi connectivity index (χ1) is 40.8. The van der Waals surface area contributed by atoms with E-state index in [9.17, 15) is 0 Å². The monoisotopic (exact) mass is 1030 g/mol. The molecule has 0 radical (unpaired) electrons. The second kappa shape index (κ2) is 18.5. The summed E-state index contributed by atoms with van der Waals surface area (Å²) >= 11 is 0. The Morgan fingerprint density at radius 1 is 0.122 bits per heavy atom. The van der Waals surface area contributed by atoms with Crippen LogP contribution >= 0.6 is 0 Å². The van der Waals surface area contributed by atoms with Crippen molar-refractivity contribution in [2.45, 2.75) is 0 Å². The van der Waals surface area contributed by atoms with Gasteiger partial charge in [-0.25, -0.2) is 0 Å². The molecule has 0 bridgehead atoms. The van der Waals surface area contributed by atoms with Gasteiger partial charge < -0.3 is 0 Å². The Labute approximate surface area is 475 Å². The first-order valence-corrected chi connectivity index (χ1v) is 28.6. The normalized spacial score (nSPS) is 11.9. The number of hydrogen-bond donors (Lipinski definition) is 0. The van der Waals surface area contributed by atoms with Crippen molar-refractivity contribution in [1.82, 2.24) is 0 Å². The maximum atomic E-state index is 2.59. The lowest BCUT2D eigenvalue weighted by Gasteiger charge is -2.20. The summed E-state index contributed by atoms with van der Waals surface area (Å²) in [5.41, 5.74) is 19.6. The molecule has 378 valence electrons. The Kier molecular flexibility index (Phi) is 10.4. The fourth-order valence-corrected chi connectivity index (χ4v) is 14.4. The van der Waals surface area contributed by atoms with Gasteiger partial charge in [0.05, 0.1) is 0 Å². The van der Waals surface area contributed by atoms with Gasteiger partial charge in [-0.05, 0) is 187 Å². The van der Waals surface area contributed by atoms with E-state index in [1.807, 2.05) is 0 Å². The number of fused-ring (bicyclic) bond motifs is 10. The molecule has 0 fully saturated rings. The predicted octanol–water partition coefficient (Wildman–Crippen LogP) is 23.1. The average molecular weight is 1040 g/mol. The summed E-state index contributed by atoms with van der Waals surface area (Å²) in [4.78, 5) is 0. The molecule has 0 heterocycles. The molecular formula is C82H50. The molecule has 0 unspecified atom stereocenters. The van der Waals surface area contributed by atoms with Crippen LogP contribution < -0.4 is 0 Å². The van der Waals surface area contributed by atoms with Crippen LogP contribution in [0.2, 0.25) is 0 Å². The maximum absolute atomic E-state index is 2.59. The summed E-state index contributed by atoms with van der Waals surface area (Å²) in [6, 6.07) is 113. The molecule has 0 atom stereocenters. The molecule has 0 nitrogen and oxygen atoms in total. The van der Waals surface area contributed by atoms with Gasteiger partial charge in [0.1, 0.15) is 0 Å².